The monoisotopic (exact) mass is 281 g/mol. The number of nitrogens with one attached hydrogen (secondary N) is 1. The fraction of sp³-hybridized carbons (Fsp3) is 0.500. The molecule has 1 fully saturated rings. The van der Waals surface area contributed by atoms with Crippen LogP contribution in [0.5, 0.6) is 0 Å². The summed E-state index contributed by atoms with van der Waals surface area (Å²) in [5.74, 6) is 0. The second-order valence-corrected chi connectivity index (χ2v) is 6.77. The van der Waals surface area contributed by atoms with Gasteiger partial charge in [-0.2, -0.15) is 0 Å². The van der Waals surface area contributed by atoms with Crippen molar-refractivity contribution in [3.05, 3.63) is 47.5 Å². The SMILES string of the molecule is CC1(c2cncn2-c2ccc3c(c2)CCC3)CCNCC1. The number of piperidine rings is 1. The van der Waals surface area contributed by atoms with E-state index in [0.717, 1.165) is 13.1 Å². The van der Waals surface area contributed by atoms with Gasteiger partial charge in [-0.05, 0) is 68.5 Å². The lowest BCUT2D eigenvalue weighted by atomic mass is 9.78. The molecule has 2 aromatic rings. The molecule has 21 heavy (non-hydrogen) atoms. The Labute approximate surface area is 126 Å². The lowest BCUT2D eigenvalue weighted by Crippen LogP contribution is -2.38. The van der Waals surface area contributed by atoms with Crippen molar-refractivity contribution in [3.63, 3.8) is 0 Å². The van der Waals surface area contributed by atoms with Crippen LogP contribution < -0.4 is 5.32 Å². The Bertz CT molecular complexity index is 650. The summed E-state index contributed by atoms with van der Waals surface area (Å²) in [6, 6.07) is 6.95. The molecule has 4 rings (SSSR count). The van der Waals surface area contributed by atoms with Crippen LogP contribution in [-0.4, -0.2) is 22.6 Å². The fourth-order valence-electron chi connectivity index (χ4n) is 3.89. The molecule has 3 heteroatoms. The molecule has 0 bridgehead atoms. The van der Waals surface area contributed by atoms with Crippen LogP contribution in [0.2, 0.25) is 0 Å². The number of rotatable bonds is 2. The van der Waals surface area contributed by atoms with Gasteiger partial charge in [-0.25, -0.2) is 4.98 Å². The van der Waals surface area contributed by atoms with E-state index < -0.39 is 0 Å². The van der Waals surface area contributed by atoms with E-state index >= 15 is 0 Å². The van der Waals surface area contributed by atoms with E-state index in [1.165, 1.54) is 54.6 Å². The third kappa shape index (κ3) is 2.20. The molecule has 2 aliphatic rings. The Balaban J connectivity index is 1.75. The highest BCUT2D eigenvalue weighted by molar-refractivity contribution is 5.44. The lowest BCUT2D eigenvalue weighted by Gasteiger charge is -2.34. The first-order valence-electron chi connectivity index (χ1n) is 8.12. The molecule has 2 heterocycles. The summed E-state index contributed by atoms with van der Waals surface area (Å²) >= 11 is 0. The van der Waals surface area contributed by atoms with Crippen molar-refractivity contribution in [2.75, 3.05) is 13.1 Å². The number of benzene rings is 1. The molecule has 0 atom stereocenters. The number of fused-ring (bicyclic) bond motifs is 1. The van der Waals surface area contributed by atoms with Crippen LogP contribution in [0.15, 0.2) is 30.7 Å². The molecule has 0 unspecified atom stereocenters. The summed E-state index contributed by atoms with van der Waals surface area (Å²) in [6.07, 6.45) is 10.2. The van der Waals surface area contributed by atoms with E-state index in [1.807, 2.05) is 6.33 Å². The molecular weight excluding hydrogens is 258 g/mol. The average molecular weight is 281 g/mol. The van der Waals surface area contributed by atoms with Crippen LogP contribution in [0.3, 0.4) is 0 Å². The lowest BCUT2D eigenvalue weighted by molar-refractivity contribution is 0.324. The molecular formula is C18H23N3. The quantitative estimate of drug-likeness (QED) is 0.917. The average Bonchev–Trinajstić information content (AvgIpc) is 3.16. The van der Waals surface area contributed by atoms with E-state index in [2.05, 4.69) is 46.2 Å². The molecule has 1 aliphatic carbocycles. The van der Waals surface area contributed by atoms with Gasteiger partial charge in [0, 0.05) is 23.0 Å². The minimum atomic E-state index is 0.237. The van der Waals surface area contributed by atoms with E-state index in [9.17, 15) is 0 Å². The number of hydrogen-bond donors (Lipinski definition) is 1. The van der Waals surface area contributed by atoms with E-state index in [1.54, 1.807) is 0 Å². The van der Waals surface area contributed by atoms with Crippen molar-refractivity contribution in [2.45, 2.75) is 44.4 Å². The fourth-order valence-corrected chi connectivity index (χ4v) is 3.89. The minimum Gasteiger partial charge on any atom is -0.317 e. The Morgan fingerprint density at radius 1 is 1.14 bits per heavy atom. The molecule has 1 saturated heterocycles. The van der Waals surface area contributed by atoms with Gasteiger partial charge in [-0.1, -0.05) is 13.0 Å². The largest absolute Gasteiger partial charge is 0.317 e. The van der Waals surface area contributed by atoms with Crippen LogP contribution in [0, 0.1) is 0 Å². The number of nitrogens with zero attached hydrogens (tertiary/aromatic N) is 2. The van der Waals surface area contributed by atoms with Crippen molar-refractivity contribution in [3.8, 4) is 5.69 Å². The third-order valence-corrected chi connectivity index (χ3v) is 5.32. The van der Waals surface area contributed by atoms with Gasteiger partial charge >= 0.3 is 0 Å². The molecule has 0 spiro atoms. The van der Waals surface area contributed by atoms with Gasteiger partial charge in [-0.15, -0.1) is 0 Å². The predicted octanol–water partition coefficient (Wildman–Crippen LogP) is 3.00. The first-order chi connectivity index (χ1) is 10.3. The Morgan fingerprint density at radius 2 is 1.95 bits per heavy atom. The molecule has 1 N–H and O–H groups in total. The maximum atomic E-state index is 4.46. The molecule has 1 aromatic heterocycles. The zero-order chi connectivity index (χ0) is 14.3. The van der Waals surface area contributed by atoms with Crippen molar-refractivity contribution in [1.82, 2.24) is 14.9 Å². The second-order valence-electron chi connectivity index (χ2n) is 6.77. The van der Waals surface area contributed by atoms with E-state index in [0.29, 0.717) is 0 Å². The number of aryl methyl sites for hydroxylation is 2. The van der Waals surface area contributed by atoms with Gasteiger partial charge < -0.3 is 9.88 Å². The summed E-state index contributed by atoms with van der Waals surface area (Å²) < 4.78 is 2.31. The smallest absolute Gasteiger partial charge is 0.0994 e. The van der Waals surface area contributed by atoms with Crippen LogP contribution in [0.4, 0.5) is 0 Å². The minimum absolute atomic E-state index is 0.237. The summed E-state index contributed by atoms with van der Waals surface area (Å²) in [5, 5.41) is 3.47. The van der Waals surface area contributed by atoms with Gasteiger partial charge in [0.05, 0.1) is 6.33 Å². The van der Waals surface area contributed by atoms with Crippen LogP contribution in [0.1, 0.15) is 43.0 Å². The van der Waals surface area contributed by atoms with Crippen LogP contribution in [-0.2, 0) is 18.3 Å². The van der Waals surface area contributed by atoms with Gasteiger partial charge in [0.25, 0.3) is 0 Å². The summed E-state index contributed by atoms with van der Waals surface area (Å²) in [5.41, 5.74) is 5.95. The van der Waals surface area contributed by atoms with Crippen molar-refractivity contribution in [2.24, 2.45) is 0 Å². The van der Waals surface area contributed by atoms with Gasteiger partial charge in [-0.3, -0.25) is 0 Å². The number of hydrogen-bond acceptors (Lipinski definition) is 2. The van der Waals surface area contributed by atoms with Gasteiger partial charge in [0.2, 0.25) is 0 Å². The standard InChI is InChI=1S/C18H23N3/c1-18(7-9-19-10-8-18)17-12-20-13-21(17)16-6-5-14-3-2-4-15(14)11-16/h5-6,11-13,19H,2-4,7-10H2,1H3. The molecule has 3 nitrogen and oxygen atoms in total. The first-order valence-corrected chi connectivity index (χ1v) is 8.12. The number of imidazole rings is 1. The first kappa shape index (κ1) is 13.1. The highest BCUT2D eigenvalue weighted by Crippen LogP contribution is 2.34. The molecule has 1 aromatic carbocycles. The normalized spacial score (nSPS) is 20.4. The van der Waals surface area contributed by atoms with Crippen molar-refractivity contribution < 1.29 is 0 Å². The molecule has 0 saturated carbocycles. The summed E-state index contributed by atoms with van der Waals surface area (Å²) in [4.78, 5) is 4.46. The maximum absolute atomic E-state index is 4.46. The zero-order valence-electron chi connectivity index (χ0n) is 12.7. The molecule has 1 aliphatic heterocycles. The predicted molar refractivity (Wildman–Crippen MR) is 85.0 cm³/mol. The second kappa shape index (κ2) is 4.99. The summed E-state index contributed by atoms with van der Waals surface area (Å²) in [7, 11) is 0. The third-order valence-electron chi connectivity index (χ3n) is 5.32. The number of aromatic nitrogens is 2. The Morgan fingerprint density at radius 3 is 2.81 bits per heavy atom. The Kier molecular flexibility index (Phi) is 3.11. The van der Waals surface area contributed by atoms with Crippen LogP contribution in [0.25, 0.3) is 5.69 Å². The highest BCUT2D eigenvalue weighted by Gasteiger charge is 2.32. The topological polar surface area (TPSA) is 29.9 Å². The molecule has 0 radical (unpaired) electrons. The molecule has 0 amide bonds. The van der Waals surface area contributed by atoms with E-state index in [4.69, 9.17) is 0 Å². The van der Waals surface area contributed by atoms with Gasteiger partial charge in [0.15, 0.2) is 0 Å². The van der Waals surface area contributed by atoms with Gasteiger partial charge in [0.1, 0.15) is 0 Å². The summed E-state index contributed by atoms with van der Waals surface area (Å²) in [6.45, 7) is 4.59. The van der Waals surface area contributed by atoms with Crippen molar-refractivity contribution >= 4 is 0 Å². The van der Waals surface area contributed by atoms with E-state index in [-0.39, 0.29) is 5.41 Å². The van der Waals surface area contributed by atoms with Crippen molar-refractivity contribution in [1.29, 1.82) is 0 Å². The maximum Gasteiger partial charge on any atom is 0.0994 e. The highest BCUT2D eigenvalue weighted by atomic mass is 15.1. The zero-order valence-corrected chi connectivity index (χ0v) is 12.7. The van der Waals surface area contributed by atoms with Crippen LogP contribution >= 0.6 is 0 Å². The Hall–Kier alpha value is -1.61. The molecule has 110 valence electrons.